The fourth-order valence-corrected chi connectivity index (χ4v) is 2.19. The number of aliphatic hydroxyl groups excluding tert-OH is 1. The third-order valence-electron chi connectivity index (χ3n) is 3.15. The lowest BCUT2D eigenvalue weighted by molar-refractivity contribution is 0.184. The molecule has 2 rings (SSSR count). The summed E-state index contributed by atoms with van der Waals surface area (Å²) in [5.74, 6) is 0.776. The number of rotatable bonds is 6. The Kier molecular flexibility index (Phi) is 5.37. The molecule has 1 N–H and O–H groups in total. The van der Waals surface area contributed by atoms with Crippen molar-refractivity contribution in [3.63, 3.8) is 0 Å². The highest BCUT2D eigenvalue weighted by atomic mass is 16.5. The second kappa shape index (κ2) is 7.25. The molecule has 2 aromatic rings. The van der Waals surface area contributed by atoms with Gasteiger partial charge in [-0.3, -0.25) is 0 Å². The Morgan fingerprint density at radius 2 is 1.71 bits per heavy atom. The molecular formula is C18H22O3. The van der Waals surface area contributed by atoms with Crippen molar-refractivity contribution in [3.05, 3.63) is 65.2 Å². The van der Waals surface area contributed by atoms with Gasteiger partial charge in [-0.25, -0.2) is 0 Å². The van der Waals surface area contributed by atoms with E-state index in [0.29, 0.717) is 6.61 Å². The Morgan fingerprint density at radius 1 is 1.00 bits per heavy atom. The van der Waals surface area contributed by atoms with Crippen LogP contribution >= 0.6 is 0 Å². The van der Waals surface area contributed by atoms with Crippen LogP contribution in [-0.4, -0.2) is 18.3 Å². The molecule has 0 aliphatic rings. The number of hydrogen-bond acceptors (Lipinski definition) is 3. The highest BCUT2D eigenvalue weighted by Crippen LogP contribution is 2.25. The number of ether oxygens (including phenoxy) is 2. The van der Waals surface area contributed by atoms with E-state index in [2.05, 4.69) is 0 Å². The summed E-state index contributed by atoms with van der Waals surface area (Å²) in [5.41, 5.74) is 2.77. The van der Waals surface area contributed by atoms with Crippen molar-refractivity contribution in [3.8, 4) is 5.75 Å². The highest BCUT2D eigenvalue weighted by molar-refractivity contribution is 5.36. The van der Waals surface area contributed by atoms with E-state index in [1.807, 2.05) is 62.4 Å². The molecule has 1 atom stereocenters. The van der Waals surface area contributed by atoms with Gasteiger partial charge in [0.15, 0.2) is 0 Å². The average molecular weight is 286 g/mol. The lowest BCUT2D eigenvalue weighted by Gasteiger charge is -2.15. The second-order valence-corrected chi connectivity index (χ2v) is 5.32. The van der Waals surface area contributed by atoms with E-state index in [9.17, 15) is 5.11 Å². The maximum atomic E-state index is 10.5. The van der Waals surface area contributed by atoms with Crippen LogP contribution in [0.25, 0.3) is 0 Å². The molecule has 0 aromatic heterocycles. The molecule has 0 saturated heterocycles. The van der Waals surface area contributed by atoms with Crippen molar-refractivity contribution in [2.75, 3.05) is 7.11 Å². The van der Waals surface area contributed by atoms with E-state index >= 15 is 0 Å². The minimum absolute atomic E-state index is 0.116. The molecule has 21 heavy (non-hydrogen) atoms. The summed E-state index contributed by atoms with van der Waals surface area (Å²) in [6.07, 6.45) is -0.539. The molecular weight excluding hydrogens is 264 g/mol. The van der Waals surface area contributed by atoms with Gasteiger partial charge in [-0.2, -0.15) is 0 Å². The van der Waals surface area contributed by atoms with Crippen molar-refractivity contribution in [1.82, 2.24) is 0 Å². The molecule has 2 aromatic carbocycles. The molecule has 0 bridgehead atoms. The zero-order chi connectivity index (χ0) is 15.2. The zero-order valence-corrected chi connectivity index (χ0v) is 12.7. The lowest BCUT2D eigenvalue weighted by atomic mass is 10.0. The number of aliphatic hydroxyl groups is 1. The first-order valence-electron chi connectivity index (χ1n) is 7.12. The minimum Gasteiger partial charge on any atom is -0.491 e. The summed E-state index contributed by atoms with van der Waals surface area (Å²) >= 11 is 0. The van der Waals surface area contributed by atoms with Crippen LogP contribution in [0, 0.1) is 0 Å². The molecule has 0 amide bonds. The van der Waals surface area contributed by atoms with E-state index in [0.717, 1.165) is 22.4 Å². The van der Waals surface area contributed by atoms with Crippen LogP contribution in [0.2, 0.25) is 0 Å². The Bertz CT molecular complexity index is 561. The topological polar surface area (TPSA) is 38.7 Å². The van der Waals surface area contributed by atoms with Crippen LogP contribution < -0.4 is 4.74 Å². The molecule has 0 fully saturated rings. The van der Waals surface area contributed by atoms with Gasteiger partial charge in [-0.15, -0.1) is 0 Å². The molecule has 1 unspecified atom stereocenters. The Labute approximate surface area is 126 Å². The van der Waals surface area contributed by atoms with E-state index in [1.54, 1.807) is 7.11 Å². The molecule has 0 spiro atoms. The molecule has 0 heterocycles. The summed E-state index contributed by atoms with van der Waals surface area (Å²) in [7, 11) is 1.67. The Hall–Kier alpha value is -1.84. The summed E-state index contributed by atoms with van der Waals surface area (Å²) in [6, 6.07) is 15.4. The molecule has 112 valence electrons. The minimum atomic E-state index is -0.655. The van der Waals surface area contributed by atoms with Crippen LogP contribution in [0.15, 0.2) is 48.5 Å². The summed E-state index contributed by atoms with van der Waals surface area (Å²) < 4.78 is 10.8. The van der Waals surface area contributed by atoms with Crippen molar-refractivity contribution >= 4 is 0 Å². The fourth-order valence-electron chi connectivity index (χ4n) is 2.19. The first-order valence-corrected chi connectivity index (χ1v) is 7.12. The zero-order valence-electron chi connectivity index (χ0n) is 12.7. The third kappa shape index (κ3) is 4.31. The SMILES string of the molecule is COCc1ccc(C(O)c2cccc(OC(C)C)c2)cc1. The van der Waals surface area contributed by atoms with Crippen LogP contribution in [0.1, 0.15) is 36.6 Å². The van der Waals surface area contributed by atoms with Gasteiger partial charge < -0.3 is 14.6 Å². The Balaban J connectivity index is 2.16. The summed E-state index contributed by atoms with van der Waals surface area (Å²) in [4.78, 5) is 0. The van der Waals surface area contributed by atoms with Gasteiger partial charge in [0, 0.05) is 7.11 Å². The maximum absolute atomic E-state index is 10.5. The smallest absolute Gasteiger partial charge is 0.120 e. The van der Waals surface area contributed by atoms with Crippen molar-refractivity contribution in [2.45, 2.75) is 32.7 Å². The maximum Gasteiger partial charge on any atom is 0.120 e. The second-order valence-electron chi connectivity index (χ2n) is 5.32. The molecule has 0 aliphatic carbocycles. The molecule has 3 heteroatoms. The van der Waals surface area contributed by atoms with Gasteiger partial charge in [-0.05, 0) is 42.7 Å². The predicted octanol–water partition coefficient (Wildman–Crippen LogP) is 3.70. The standard InChI is InChI=1S/C18H22O3/c1-13(2)21-17-6-4-5-16(11-17)18(19)15-9-7-14(8-10-15)12-20-3/h4-11,13,18-19H,12H2,1-3H3. The summed E-state index contributed by atoms with van der Waals surface area (Å²) in [5, 5.41) is 10.5. The van der Waals surface area contributed by atoms with Crippen LogP contribution in [0.3, 0.4) is 0 Å². The lowest BCUT2D eigenvalue weighted by Crippen LogP contribution is -2.06. The van der Waals surface area contributed by atoms with Crippen molar-refractivity contribution in [1.29, 1.82) is 0 Å². The van der Waals surface area contributed by atoms with Crippen LogP contribution in [-0.2, 0) is 11.3 Å². The normalized spacial score (nSPS) is 12.4. The average Bonchev–Trinajstić information content (AvgIpc) is 2.47. The summed E-state index contributed by atoms with van der Waals surface area (Å²) in [6.45, 7) is 4.54. The van der Waals surface area contributed by atoms with Gasteiger partial charge >= 0.3 is 0 Å². The van der Waals surface area contributed by atoms with E-state index in [1.165, 1.54) is 0 Å². The van der Waals surface area contributed by atoms with E-state index < -0.39 is 6.10 Å². The quantitative estimate of drug-likeness (QED) is 0.880. The van der Waals surface area contributed by atoms with Crippen molar-refractivity contribution < 1.29 is 14.6 Å². The van der Waals surface area contributed by atoms with Gasteiger partial charge in [0.25, 0.3) is 0 Å². The first-order chi connectivity index (χ1) is 10.1. The number of hydrogen-bond donors (Lipinski definition) is 1. The highest BCUT2D eigenvalue weighted by Gasteiger charge is 2.11. The van der Waals surface area contributed by atoms with Gasteiger partial charge in [0.1, 0.15) is 11.9 Å². The van der Waals surface area contributed by atoms with Gasteiger partial charge in [-0.1, -0.05) is 36.4 Å². The molecule has 0 radical (unpaired) electrons. The molecule has 0 saturated carbocycles. The molecule has 3 nitrogen and oxygen atoms in total. The first kappa shape index (κ1) is 15.5. The Morgan fingerprint density at radius 3 is 2.33 bits per heavy atom. The van der Waals surface area contributed by atoms with Crippen LogP contribution in [0.5, 0.6) is 5.75 Å². The van der Waals surface area contributed by atoms with Gasteiger partial charge in [0.2, 0.25) is 0 Å². The van der Waals surface area contributed by atoms with Crippen LogP contribution in [0.4, 0.5) is 0 Å². The monoisotopic (exact) mass is 286 g/mol. The van der Waals surface area contributed by atoms with E-state index in [-0.39, 0.29) is 6.10 Å². The fraction of sp³-hybridized carbons (Fsp3) is 0.333. The van der Waals surface area contributed by atoms with Gasteiger partial charge in [0.05, 0.1) is 12.7 Å². The van der Waals surface area contributed by atoms with E-state index in [4.69, 9.17) is 9.47 Å². The largest absolute Gasteiger partial charge is 0.491 e. The number of benzene rings is 2. The third-order valence-corrected chi connectivity index (χ3v) is 3.15. The number of methoxy groups -OCH3 is 1. The predicted molar refractivity (Wildman–Crippen MR) is 83.4 cm³/mol. The van der Waals surface area contributed by atoms with Crippen molar-refractivity contribution in [2.24, 2.45) is 0 Å². The molecule has 0 aliphatic heterocycles.